The fraction of sp³-hybridized carbons (Fsp3) is 0.364. The summed E-state index contributed by atoms with van der Waals surface area (Å²) in [4.78, 5) is 11.3. The number of halogens is 4. The van der Waals surface area contributed by atoms with Crippen LogP contribution in [0.1, 0.15) is 17.3 Å². The van der Waals surface area contributed by atoms with Crippen LogP contribution >= 0.6 is 15.9 Å². The van der Waals surface area contributed by atoms with Gasteiger partial charge in [0.05, 0.1) is 12.2 Å². The van der Waals surface area contributed by atoms with E-state index in [-0.39, 0.29) is 18.1 Å². The molecule has 0 fully saturated rings. The molecule has 100 valence electrons. The fourth-order valence-corrected chi connectivity index (χ4v) is 1.57. The smallest absolute Gasteiger partial charge is 0.490 e. The van der Waals surface area contributed by atoms with E-state index in [0.29, 0.717) is 10.0 Å². The van der Waals surface area contributed by atoms with Crippen LogP contribution in [0.5, 0.6) is 5.75 Å². The number of ketones is 1. The van der Waals surface area contributed by atoms with Crippen molar-refractivity contribution in [2.45, 2.75) is 13.3 Å². The summed E-state index contributed by atoms with van der Waals surface area (Å²) in [7, 11) is 0. The molecule has 0 aromatic heterocycles. The van der Waals surface area contributed by atoms with Gasteiger partial charge in [-0.2, -0.15) is 0 Å². The van der Waals surface area contributed by atoms with Crippen LogP contribution in [0.4, 0.5) is 13.2 Å². The van der Waals surface area contributed by atoms with Gasteiger partial charge in [0.15, 0.2) is 5.78 Å². The predicted molar refractivity (Wildman–Crippen MR) is 61.6 cm³/mol. The lowest BCUT2D eigenvalue weighted by molar-refractivity contribution is -0.325. The van der Waals surface area contributed by atoms with Crippen molar-refractivity contribution >= 4 is 21.7 Å². The largest absolute Gasteiger partial charge is 0.522 e. The molecule has 0 heterocycles. The molecule has 0 saturated carbocycles. The van der Waals surface area contributed by atoms with Gasteiger partial charge in [-0.1, -0.05) is 15.9 Å². The van der Waals surface area contributed by atoms with E-state index in [9.17, 15) is 18.0 Å². The maximum Gasteiger partial charge on any atom is 0.522 e. The second-order valence-electron chi connectivity index (χ2n) is 3.34. The van der Waals surface area contributed by atoms with Gasteiger partial charge in [0, 0.05) is 4.47 Å². The summed E-state index contributed by atoms with van der Waals surface area (Å²) in [6.07, 6.45) is -4.67. The van der Waals surface area contributed by atoms with E-state index in [1.807, 2.05) is 0 Å². The Morgan fingerprint density at radius 1 is 1.33 bits per heavy atom. The first-order valence-corrected chi connectivity index (χ1v) is 5.73. The average molecular weight is 327 g/mol. The number of hydrogen-bond acceptors (Lipinski definition) is 3. The molecule has 0 aliphatic rings. The van der Waals surface area contributed by atoms with E-state index in [1.165, 1.54) is 13.0 Å². The Balaban J connectivity index is 2.59. The van der Waals surface area contributed by atoms with Crippen LogP contribution in [0.15, 0.2) is 22.7 Å². The topological polar surface area (TPSA) is 35.5 Å². The summed E-state index contributed by atoms with van der Waals surface area (Å²) in [5.41, 5.74) is 0.302. The number of alkyl halides is 3. The summed E-state index contributed by atoms with van der Waals surface area (Å²) < 4.78 is 44.4. The van der Waals surface area contributed by atoms with Crippen LogP contribution < -0.4 is 4.74 Å². The maximum absolute atomic E-state index is 11.7. The summed E-state index contributed by atoms with van der Waals surface area (Å²) in [6, 6.07) is 4.68. The number of Topliss-reactive ketones (excluding diaryl/α,β-unsaturated/α-hetero) is 1. The molecule has 0 unspecified atom stereocenters. The maximum atomic E-state index is 11.7. The molecule has 1 aromatic carbocycles. The molecule has 3 nitrogen and oxygen atoms in total. The molecule has 0 spiro atoms. The van der Waals surface area contributed by atoms with E-state index >= 15 is 0 Å². The van der Waals surface area contributed by atoms with E-state index in [4.69, 9.17) is 4.74 Å². The van der Waals surface area contributed by atoms with Crippen LogP contribution in [0.3, 0.4) is 0 Å². The molecular formula is C11H10BrF3O3. The molecule has 1 rings (SSSR count). The number of carbonyl (C=O) groups excluding carboxylic acids is 1. The minimum absolute atomic E-state index is 0.233. The molecule has 0 atom stereocenters. The quantitative estimate of drug-likeness (QED) is 0.613. The highest BCUT2D eigenvalue weighted by molar-refractivity contribution is 9.10. The van der Waals surface area contributed by atoms with Gasteiger partial charge in [0.1, 0.15) is 12.4 Å². The molecule has 0 saturated heterocycles. The van der Waals surface area contributed by atoms with Gasteiger partial charge < -0.3 is 4.74 Å². The zero-order valence-corrected chi connectivity index (χ0v) is 11.0. The Hall–Kier alpha value is -1.08. The molecule has 0 aliphatic heterocycles. The van der Waals surface area contributed by atoms with Crippen LogP contribution in [0.25, 0.3) is 0 Å². The first-order valence-electron chi connectivity index (χ1n) is 4.93. The van der Waals surface area contributed by atoms with Crippen molar-refractivity contribution < 1.29 is 27.4 Å². The van der Waals surface area contributed by atoms with Crippen molar-refractivity contribution in [3.63, 3.8) is 0 Å². The Labute approximate surface area is 110 Å². The van der Waals surface area contributed by atoms with Crippen molar-refractivity contribution in [3.8, 4) is 5.75 Å². The van der Waals surface area contributed by atoms with Crippen LogP contribution in [0.2, 0.25) is 0 Å². The molecule has 0 aliphatic carbocycles. The second kappa shape index (κ2) is 6.19. The molecule has 0 N–H and O–H groups in total. The third-order valence-corrected chi connectivity index (χ3v) is 2.42. The lowest BCUT2D eigenvalue weighted by Crippen LogP contribution is -2.18. The Bertz CT molecular complexity index is 432. The molecule has 1 aromatic rings. The highest BCUT2D eigenvalue weighted by Crippen LogP contribution is 2.24. The second-order valence-corrected chi connectivity index (χ2v) is 4.26. The van der Waals surface area contributed by atoms with E-state index in [1.54, 1.807) is 12.1 Å². The van der Waals surface area contributed by atoms with E-state index < -0.39 is 13.0 Å². The average Bonchev–Trinajstić information content (AvgIpc) is 2.24. The van der Waals surface area contributed by atoms with Gasteiger partial charge in [0.2, 0.25) is 0 Å². The molecule has 0 amide bonds. The number of ether oxygens (including phenoxy) is 2. The van der Waals surface area contributed by atoms with Gasteiger partial charge in [-0.05, 0) is 25.1 Å². The predicted octanol–water partition coefficient (Wildman–Crippen LogP) is 3.57. The number of carbonyl (C=O) groups is 1. The van der Waals surface area contributed by atoms with Crippen LogP contribution in [0, 0.1) is 0 Å². The van der Waals surface area contributed by atoms with Gasteiger partial charge in [-0.3, -0.25) is 9.53 Å². The SMILES string of the molecule is CC(=O)c1cc(Br)ccc1OCCOC(F)(F)F. The van der Waals surface area contributed by atoms with Gasteiger partial charge in [-0.25, -0.2) is 0 Å². The summed E-state index contributed by atoms with van der Waals surface area (Å²) in [5, 5.41) is 0. The first kappa shape index (κ1) is 15.0. The molecular weight excluding hydrogens is 317 g/mol. The zero-order valence-electron chi connectivity index (χ0n) is 9.38. The molecule has 7 heteroatoms. The molecule has 0 bridgehead atoms. The van der Waals surface area contributed by atoms with Crippen molar-refractivity contribution in [1.82, 2.24) is 0 Å². The number of hydrogen-bond donors (Lipinski definition) is 0. The summed E-state index contributed by atoms with van der Waals surface area (Å²) in [5.74, 6) is -0.000450. The number of rotatable bonds is 5. The highest BCUT2D eigenvalue weighted by Gasteiger charge is 2.28. The van der Waals surface area contributed by atoms with Crippen LogP contribution in [-0.4, -0.2) is 25.4 Å². The number of benzene rings is 1. The third-order valence-electron chi connectivity index (χ3n) is 1.93. The normalized spacial score (nSPS) is 11.4. The highest BCUT2D eigenvalue weighted by atomic mass is 79.9. The third kappa shape index (κ3) is 5.05. The lowest BCUT2D eigenvalue weighted by Gasteiger charge is -2.11. The van der Waals surface area contributed by atoms with Crippen molar-refractivity contribution in [1.29, 1.82) is 0 Å². The Kier molecular flexibility index (Phi) is 5.15. The molecule has 18 heavy (non-hydrogen) atoms. The van der Waals surface area contributed by atoms with Gasteiger partial charge in [0.25, 0.3) is 0 Å². The summed E-state index contributed by atoms with van der Waals surface area (Å²) in [6.45, 7) is 0.430. The van der Waals surface area contributed by atoms with E-state index in [2.05, 4.69) is 20.7 Å². The fourth-order valence-electron chi connectivity index (χ4n) is 1.21. The Morgan fingerprint density at radius 3 is 2.56 bits per heavy atom. The summed E-state index contributed by atoms with van der Waals surface area (Å²) >= 11 is 3.19. The van der Waals surface area contributed by atoms with Crippen molar-refractivity contribution in [2.75, 3.05) is 13.2 Å². The molecule has 0 radical (unpaired) electrons. The van der Waals surface area contributed by atoms with Crippen molar-refractivity contribution in [3.05, 3.63) is 28.2 Å². The van der Waals surface area contributed by atoms with Crippen LogP contribution in [-0.2, 0) is 4.74 Å². The van der Waals surface area contributed by atoms with Crippen molar-refractivity contribution in [2.24, 2.45) is 0 Å². The monoisotopic (exact) mass is 326 g/mol. The standard InChI is InChI=1S/C11H10BrF3O3/c1-7(16)9-6-8(12)2-3-10(9)17-4-5-18-11(13,14)15/h2-3,6H,4-5H2,1H3. The minimum Gasteiger partial charge on any atom is -0.490 e. The lowest BCUT2D eigenvalue weighted by atomic mass is 10.1. The Morgan fingerprint density at radius 2 is 2.00 bits per heavy atom. The van der Waals surface area contributed by atoms with E-state index in [0.717, 1.165) is 0 Å². The minimum atomic E-state index is -4.67. The van der Waals surface area contributed by atoms with Gasteiger partial charge in [-0.15, -0.1) is 13.2 Å². The first-order chi connectivity index (χ1) is 8.29. The van der Waals surface area contributed by atoms with Gasteiger partial charge >= 0.3 is 6.36 Å². The zero-order chi connectivity index (χ0) is 13.8.